The summed E-state index contributed by atoms with van der Waals surface area (Å²) in [7, 11) is 0. The summed E-state index contributed by atoms with van der Waals surface area (Å²) in [6, 6.07) is 15.2. The summed E-state index contributed by atoms with van der Waals surface area (Å²) in [5, 5.41) is 0. The minimum absolute atomic E-state index is 0.193. The molecule has 0 bridgehead atoms. The predicted octanol–water partition coefficient (Wildman–Crippen LogP) is 4.37. The maximum absolute atomic E-state index is 11.2. The molecule has 126 valence electrons. The average molecular weight is 344 g/mol. The summed E-state index contributed by atoms with van der Waals surface area (Å²) in [5.41, 5.74) is 0.682. The van der Waals surface area contributed by atoms with Crippen LogP contribution in [0.4, 0.5) is 0 Å². The van der Waals surface area contributed by atoms with Gasteiger partial charge < -0.3 is 9.47 Å². The van der Waals surface area contributed by atoms with Gasteiger partial charge >= 0.3 is 5.97 Å². The number of aldehydes is 1. The highest BCUT2D eigenvalue weighted by Crippen LogP contribution is 2.30. The second kappa shape index (κ2) is 9.78. The van der Waals surface area contributed by atoms with E-state index in [1.165, 1.54) is 11.8 Å². The van der Waals surface area contributed by atoms with Crippen molar-refractivity contribution in [2.45, 2.75) is 29.6 Å². The average Bonchev–Trinajstić information content (AvgIpc) is 2.61. The molecule has 0 aliphatic rings. The zero-order valence-electron chi connectivity index (χ0n) is 13.6. The van der Waals surface area contributed by atoms with E-state index in [-0.39, 0.29) is 5.97 Å². The van der Waals surface area contributed by atoms with Gasteiger partial charge in [0.05, 0.1) is 13.2 Å². The third-order valence-corrected chi connectivity index (χ3v) is 4.30. The fourth-order valence-electron chi connectivity index (χ4n) is 2.04. The van der Waals surface area contributed by atoms with E-state index in [1.54, 1.807) is 13.0 Å². The van der Waals surface area contributed by atoms with Crippen molar-refractivity contribution in [1.29, 1.82) is 0 Å². The van der Waals surface area contributed by atoms with Crippen molar-refractivity contribution in [2.75, 3.05) is 13.2 Å². The van der Waals surface area contributed by atoms with Gasteiger partial charge in [0.1, 0.15) is 5.75 Å². The first kappa shape index (κ1) is 18.1. The SMILES string of the molecule is CCOC(=O)CCCOc1ccc(Sc2ccccc2C=O)cc1. The number of hydrogen-bond donors (Lipinski definition) is 0. The van der Waals surface area contributed by atoms with Crippen LogP contribution in [0.25, 0.3) is 0 Å². The maximum atomic E-state index is 11.2. The molecule has 0 amide bonds. The molecule has 2 aromatic carbocycles. The highest BCUT2D eigenvalue weighted by Gasteiger charge is 2.04. The van der Waals surface area contributed by atoms with Gasteiger partial charge in [0.2, 0.25) is 0 Å². The predicted molar refractivity (Wildman–Crippen MR) is 93.8 cm³/mol. The molecule has 0 radical (unpaired) electrons. The van der Waals surface area contributed by atoms with Crippen LogP contribution in [0.2, 0.25) is 0 Å². The van der Waals surface area contributed by atoms with Gasteiger partial charge in [0, 0.05) is 21.8 Å². The normalized spacial score (nSPS) is 10.2. The van der Waals surface area contributed by atoms with Crippen LogP contribution < -0.4 is 4.74 Å². The van der Waals surface area contributed by atoms with Crippen LogP contribution in [0.3, 0.4) is 0 Å². The molecule has 5 heteroatoms. The molecule has 0 aliphatic carbocycles. The molecule has 0 saturated carbocycles. The van der Waals surface area contributed by atoms with Gasteiger partial charge in [-0.1, -0.05) is 30.0 Å². The minimum atomic E-state index is -0.193. The Morgan fingerprint density at radius 1 is 1.12 bits per heavy atom. The van der Waals surface area contributed by atoms with Crippen molar-refractivity contribution in [2.24, 2.45) is 0 Å². The van der Waals surface area contributed by atoms with Gasteiger partial charge in [-0.25, -0.2) is 0 Å². The Morgan fingerprint density at radius 3 is 2.58 bits per heavy atom. The zero-order chi connectivity index (χ0) is 17.2. The van der Waals surface area contributed by atoms with Crippen LogP contribution in [0.5, 0.6) is 5.75 Å². The van der Waals surface area contributed by atoms with Crippen LogP contribution in [-0.2, 0) is 9.53 Å². The molecule has 0 N–H and O–H groups in total. The Morgan fingerprint density at radius 2 is 1.88 bits per heavy atom. The molecule has 0 heterocycles. The van der Waals surface area contributed by atoms with E-state index in [0.29, 0.717) is 31.6 Å². The standard InChI is InChI=1S/C19H20O4S/c1-2-22-19(21)8-5-13-23-16-9-11-17(12-10-16)24-18-7-4-3-6-15(18)14-20/h3-4,6-7,9-12,14H,2,5,8,13H2,1H3. The van der Waals surface area contributed by atoms with Crippen molar-refractivity contribution in [1.82, 2.24) is 0 Å². The van der Waals surface area contributed by atoms with Gasteiger partial charge in [0.15, 0.2) is 6.29 Å². The maximum Gasteiger partial charge on any atom is 0.305 e. The molecule has 0 fully saturated rings. The largest absolute Gasteiger partial charge is 0.494 e. The molecule has 24 heavy (non-hydrogen) atoms. The van der Waals surface area contributed by atoms with Crippen molar-refractivity contribution >= 4 is 24.0 Å². The number of ether oxygens (including phenoxy) is 2. The first-order chi connectivity index (χ1) is 11.7. The summed E-state index contributed by atoms with van der Waals surface area (Å²) in [6.45, 7) is 2.67. The van der Waals surface area contributed by atoms with Crippen molar-refractivity contribution in [3.63, 3.8) is 0 Å². The van der Waals surface area contributed by atoms with Crippen LogP contribution in [-0.4, -0.2) is 25.5 Å². The van der Waals surface area contributed by atoms with Crippen LogP contribution >= 0.6 is 11.8 Å². The summed E-state index contributed by atoms with van der Waals surface area (Å²) >= 11 is 1.54. The van der Waals surface area contributed by atoms with Crippen LogP contribution in [0, 0.1) is 0 Å². The van der Waals surface area contributed by atoms with E-state index in [0.717, 1.165) is 21.8 Å². The molecule has 0 unspecified atom stereocenters. The summed E-state index contributed by atoms with van der Waals surface area (Å²) < 4.78 is 10.5. The van der Waals surface area contributed by atoms with Crippen molar-refractivity contribution in [3.05, 3.63) is 54.1 Å². The van der Waals surface area contributed by atoms with Gasteiger partial charge in [-0.2, -0.15) is 0 Å². The molecule has 0 spiro atoms. The van der Waals surface area contributed by atoms with Crippen molar-refractivity contribution in [3.8, 4) is 5.75 Å². The molecule has 0 saturated heterocycles. The van der Waals surface area contributed by atoms with E-state index in [2.05, 4.69) is 0 Å². The highest BCUT2D eigenvalue weighted by atomic mass is 32.2. The number of hydrogen-bond acceptors (Lipinski definition) is 5. The second-order valence-electron chi connectivity index (χ2n) is 4.99. The smallest absolute Gasteiger partial charge is 0.305 e. The first-order valence-corrected chi connectivity index (χ1v) is 8.65. The van der Waals surface area contributed by atoms with E-state index < -0.39 is 0 Å². The number of carbonyl (C=O) groups is 2. The fraction of sp³-hybridized carbons (Fsp3) is 0.263. The molecular weight excluding hydrogens is 324 g/mol. The van der Waals surface area contributed by atoms with E-state index >= 15 is 0 Å². The topological polar surface area (TPSA) is 52.6 Å². The third kappa shape index (κ3) is 5.74. The lowest BCUT2D eigenvalue weighted by atomic mass is 10.2. The quantitative estimate of drug-likeness (QED) is 0.384. The lowest BCUT2D eigenvalue weighted by Crippen LogP contribution is -2.06. The second-order valence-corrected chi connectivity index (χ2v) is 6.10. The van der Waals surface area contributed by atoms with Gasteiger partial charge in [0.25, 0.3) is 0 Å². The van der Waals surface area contributed by atoms with Crippen LogP contribution in [0.1, 0.15) is 30.1 Å². The summed E-state index contributed by atoms with van der Waals surface area (Å²) in [4.78, 5) is 24.2. The fourth-order valence-corrected chi connectivity index (χ4v) is 2.95. The molecule has 4 nitrogen and oxygen atoms in total. The molecule has 2 rings (SSSR count). The van der Waals surface area contributed by atoms with E-state index in [4.69, 9.17) is 9.47 Å². The third-order valence-electron chi connectivity index (χ3n) is 3.20. The minimum Gasteiger partial charge on any atom is -0.494 e. The van der Waals surface area contributed by atoms with E-state index in [1.807, 2.05) is 42.5 Å². The number of carbonyl (C=O) groups excluding carboxylic acids is 2. The summed E-state index contributed by atoms with van der Waals surface area (Å²) in [5.74, 6) is 0.563. The van der Waals surface area contributed by atoms with Crippen molar-refractivity contribution < 1.29 is 19.1 Å². The Bertz CT molecular complexity index is 667. The summed E-state index contributed by atoms with van der Waals surface area (Å²) in [6.07, 6.45) is 1.86. The number of rotatable bonds is 9. The zero-order valence-corrected chi connectivity index (χ0v) is 14.4. The highest BCUT2D eigenvalue weighted by molar-refractivity contribution is 7.99. The lowest BCUT2D eigenvalue weighted by molar-refractivity contribution is -0.143. The van der Waals surface area contributed by atoms with Gasteiger partial charge in [-0.3, -0.25) is 9.59 Å². The Kier molecular flexibility index (Phi) is 7.36. The van der Waals surface area contributed by atoms with E-state index in [9.17, 15) is 9.59 Å². The molecule has 0 aliphatic heterocycles. The molecule has 0 atom stereocenters. The Balaban J connectivity index is 1.82. The van der Waals surface area contributed by atoms with Gasteiger partial charge in [-0.15, -0.1) is 0 Å². The molecular formula is C19H20O4S. The molecule has 0 aromatic heterocycles. The van der Waals surface area contributed by atoms with Crippen LogP contribution in [0.15, 0.2) is 58.3 Å². The Hall–Kier alpha value is -2.27. The first-order valence-electron chi connectivity index (χ1n) is 7.83. The van der Waals surface area contributed by atoms with Gasteiger partial charge in [-0.05, 0) is 43.7 Å². The molecule has 2 aromatic rings. The lowest BCUT2D eigenvalue weighted by Gasteiger charge is -2.08. The number of esters is 1. The number of benzene rings is 2. The Labute approximate surface area is 146 Å². The monoisotopic (exact) mass is 344 g/mol.